The van der Waals surface area contributed by atoms with Crippen molar-refractivity contribution in [3.8, 4) is 0 Å². The van der Waals surface area contributed by atoms with Crippen LogP contribution in [-0.2, 0) is 16.5 Å². The maximum atomic E-state index is 13.1. The monoisotopic (exact) mass is 287 g/mol. The highest BCUT2D eigenvalue weighted by atomic mass is 19.4. The van der Waals surface area contributed by atoms with Crippen molar-refractivity contribution in [2.24, 2.45) is 0 Å². The van der Waals surface area contributed by atoms with Crippen molar-refractivity contribution in [3.05, 3.63) is 35.4 Å². The van der Waals surface area contributed by atoms with Gasteiger partial charge in [0.2, 0.25) is 0 Å². The minimum atomic E-state index is -4.56. The van der Waals surface area contributed by atoms with E-state index >= 15 is 0 Å². The zero-order valence-corrected chi connectivity index (χ0v) is 11.1. The number of hydrogen-bond donors (Lipinski definition) is 1. The van der Waals surface area contributed by atoms with E-state index in [0.717, 1.165) is 18.9 Å². The van der Waals surface area contributed by atoms with Crippen molar-refractivity contribution in [2.75, 3.05) is 13.1 Å². The Morgan fingerprint density at radius 1 is 1.15 bits per heavy atom. The van der Waals surface area contributed by atoms with Gasteiger partial charge in [0.15, 0.2) is 0 Å². The Labute approximate surface area is 115 Å². The van der Waals surface area contributed by atoms with Crippen molar-refractivity contribution < 1.29 is 23.1 Å². The first-order valence-electron chi connectivity index (χ1n) is 6.43. The summed E-state index contributed by atoms with van der Waals surface area (Å²) in [7, 11) is 0. The van der Waals surface area contributed by atoms with Crippen LogP contribution in [-0.4, -0.2) is 29.1 Å². The van der Waals surface area contributed by atoms with Gasteiger partial charge in [-0.3, -0.25) is 4.90 Å². The number of carbonyl (C=O) groups is 1. The fourth-order valence-electron chi connectivity index (χ4n) is 2.74. The van der Waals surface area contributed by atoms with E-state index in [9.17, 15) is 23.1 Å². The van der Waals surface area contributed by atoms with Crippen molar-refractivity contribution in [3.63, 3.8) is 0 Å². The number of likely N-dealkylation sites (tertiary alicyclic amines) is 1. The SMILES string of the molecule is CC(C(=O)O)(c1ccccc1C(F)(F)F)N1CCCC1. The first kappa shape index (κ1) is 14.8. The lowest BCUT2D eigenvalue weighted by atomic mass is 9.86. The van der Waals surface area contributed by atoms with Gasteiger partial charge in [-0.25, -0.2) is 4.79 Å². The molecule has 1 saturated heterocycles. The van der Waals surface area contributed by atoms with Crippen LogP contribution in [0.1, 0.15) is 30.9 Å². The molecule has 110 valence electrons. The number of carboxylic acids is 1. The molecule has 1 aromatic rings. The first-order chi connectivity index (χ1) is 9.28. The molecule has 0 amide bonds. The first-order valence-corrected chi connectivity index (χ1v) is 6.43. The molecule has 0 spiro atoms. The van der Waals surface area contributed by atoms with Gasteiger partial charge in [-0.15, -0.1) is 0 Å². The Morgan fingerprint density at radius 3 is 2.10 bits per heavy atom. The third-order valence-corrected chi connectivity index (χ3v) is 3.91. The maximum Gasteiger partial charge on any atom is 0.416 e. The Bertz CT molecular complexity index is 509. The average molecular weight is 287 g/mol. The molecule has 0 radical (unpaired) electrons. The highest BCUT2D eigenvalue weighted by Gasteiger charge is 2.47. The summed E-state index contributed by atoms with van der Waals surface area (Å²) in [5, 5.41) is 9.53. The van der Waals surface area contributed by atoms with Gasteiger partial charge >= 0.3 is 12.1 Å². The Balaban J connectivity index is 2.58. The highest BCUT2D eigenvalue weighted by Crippen LogP contribution is 2.40. The summed E-state index contributed by atoms with van der Waals surface area (Å²) >= 11 is 0. The van der Waals surface area contributed by atoms with Crippen LogP contribution in [0.15, 0.2) is 24.3 Å². The van der Waals surface area contributed by atoms with Crippen molar-refractivity contribution in [2.45, 2.75) is 31.5 Å². The van der Waals surface area contributed by atoms with Crippen LogP contribution >= 0.6 is 0 Å². The molecular weight excluding hydrogens is 271 g/mol. The lowest BCUT2D eigenvalue weighted by Crippen LogP contribution is -2.49. The predicted molar refractivity (Wildman–Crippen MR) is 67.2 cm³/mol. The third-order valence-electron chi connectivity index (χ3n) is 3.91. The summed E-state index contributed by atoms with van der Waals surface area (Å²) in [6.07, 6.45) is -2.96. The molecule has 0 aliphatic carbocycles. The molecule has 0 saturated carbocycles. The molecule has 20 heavy (non-hydrogen) atoms. The predicted octanol–water partition coefficient (Wildman–Crippen LogP) is 3.10. The molecule has 0 aromatic heterocycles. The van der Waals surface area contributed by atoms with Gasteiger partial charge in [0.25, 0.3) is 0 Å². The molecule has 0 bridgehead atoms. The second kappa shape index (κ2) is 5.09. The van der Waals surface area contributed by atoms with Crippen LogP contribution in [0.4, 0.5) is 13.2 Å². The number of aliphatic carboxylic acids is 1. The normalized spacial score (nSPS) is 19.8. The summed E-state index contributed by atoms with van der Waals surface area (Å²) in [5.41, 5.74) is -2.72. The van der Waals surface area contributed by atoms with Crippen LogP contribution in [0, 0.1) is 0 Å². The fraction of sp³-hybridized carbons (Fsp3) is 0.500. The zero-order chi connectivity index (χ0) is 15.0. The van der Waals surface area contributed by atoms with Crippen molar-refractivity contribution in [1.82, 2.24) is 4.90 Å². The van der Waals surface area contributed by atoms with Gasteiger partial charge in [0, 0.05) is 0 Å². The number of nitrogens with zero attached hydrogens (tertiary/aromatic N) is 1. The van der Waals surface area contributed by atoms with Gasteiger partial charge in [-0.05, 0) is 44.5 Å². The van der Waals surface area contributed by atoms with Gasteiger partial charge in [-0.2, -0.15) is 13.2 Å². The summed E-state index contributed by atoms with van der Waals surface area (Å²) in [6.45, 7) is 2.34. The Morgan fingerprint density at radius 2 is 1.65 bits per heavy atom. The van der Waals surface area contributed by atoms with Gasteiger partial charge < -0.3 is 5.11 Å². The minimum absolute atomic E-state index is 0.193. The minimum Gasteiger partial charge on any atom is -0.480 e. The number of carboxylic acid groups (broad SMARTS) is 1. The molecule has 1 aliphatic heterocycles. The third kappa shape index (κ3) is 2.40. The molecule has 1 fully saturated rings. The standard InChI is InChI=1S/C14H16F3NO2/c1-13(12(19)20,18-8-4-5-9-18)10-6-2-3-7-11(10)14(15,16)17/h2-3,6-7H,4-5,8-9H2,1H3,(H,19,20). The lowest BCUT2D eigenvalue weighted by molar-refractivity contribution is -0.153. The molecule has 1 heterocycles. The number of alkyl halides is 3. The zero-order valence-electron chi connectivity index (χ0n) is 11.1. The molecule has 1 unspecified atom stereocenters. The Hall–Kier alpha value is -1.56. The topological polar surface area (TPSA) is 40.5 Å². The van der Waals surface area contributed by atoms with Crippen molar-refractivity contribution in [1.29, 1.82) is 0 Å². The van der Waals surface area contributed by atoms with Gasteiger partial charge in [-0.1, -0.05) is 18.2 Å². The summed E-state index contributed by atoms with van der Waals surface area (Å²) in [5.74, 6) is -1.25. The van der Waals surface area contributed by atoms with E-state index in [2.05, 4.69) is 0 Å². The quantitative estimate of drug-likeness (QED) is 0.928. The van der Waals surface area contributed by atoms with Crippen LogP contribution in [0.2, 0.25) is 0 Å². The molecule has 6 heteroatoms. The van der Waals surface area contributed by atoms with Crippen LogP contribution in [0.25, 0.3) is 0 Å². The van der Waals surface area contributed by atoms with E-state index in [4.69, 9.17) is 0 Å². The molecular formula is C14H16F3NO2. The molecule has 2 rings (SSSR count). The molecule has 1 aromatic carbocycles. The van der Waals surface area contributed by atoms with Crippen LogP contribution in [0.3, 0.4) is 0 Å². The van der Waals surface area contributed by atoms with Crippen LogP contribution < -0.4 is 0 Å². The van der Waals surface area contributed by atoms with Crippen molar-refractivity contribution >= 4 is 5.97 Å². The van der Waals surface area contributed by atoms with E-state index in [1.54, 1.807) is 4.90 Å². The van der Waals surface area contributed by atoms with E-state index in [-0.39, 0.29) is 5.56 Å². The fourth-order valence-corrected chi connectivity index (χ4v) is 2.74. The molecule has 1 aliphatic rings. The molecule has 1 atom stereocenters. The highest BCUT2D eigenvalue weighted by molar-refractivity contribution is 5.81. The largest absolute Gasteiger partial charge is 0.480 e. The second-order valence-corrected chi connectivity index (χ2v) is 5.11. The average Bonchev–Trinajstić information content (AvgIpc) is 2.90. The summed E-state index contributed by atoms with van der Waals surface area (Å²) in [6, 6.07) is 4.92. The molecule has 1 N–H and O–H groups in total. The van der Waals surface area contributed by atoms with E-state index < -0.39 is 23.2 Å². The maximum absolute atomic E-state index is 13.1. The van der Waals surface area contributed by atoms with Gasteiger partial charge in [0.1, 0.15) is 5.54 Å². The van der Waals surface area contributed by atoms with Gasteiger partial charge in [0.05, 0.1) is 5.56 Å². The summed E-state index contributed by atoms with van der Waals surface area (Å²) in [4.78, 5) is 13.3. The van der Waals surface area contributed by atoms with E-state index in [1.807, 2.05) is 0 Å². The van der Waals surface area contributed by atoms with Crippen LogP contribution in [0.5, 0.6) is 0 Å². The van der Waals surface area contributed by atoms with E-state index in [1.165, 1.54) is 25.1 Å². The second-order valence-electron chi connectivity index (χ2n) is 5.11. The smallest absolute Gasteiger partial charge is 0.416 e. The lowest BCUT2D eigenvalue weighted by Gasteiger charge is -2.36. The molecule has 3 nitrogen and oxygen atoms in total. The summed E-state index contributed by atoms with van der Waals surface area (Å²) < 4.78 is 39.4. The van der Waals surface area contributed by atoms with E-state index in [0.29, 0.717) is 13.1 Å². The number of rotatable bonds is 3. The number of benzene rings is 1. The Kier molecular flexibility index (Phi) is 3.77. The number of halogens is 3. The number of hydrogen-bond acceptors (Lipinski definition) is 2.